The summed E-state index contributed by atoms with van der Waals surface area (Å²) in [5.41, 5.74) is 0.840. The van der Waals surface area contributed by atoms with E-state index in [1.165, 1.54) is 0 Å². The maximum absolute atomic E-state index is 12.9. The molecule has 2 atom stereocenters. The lowest BCUT2D eigenvalue weighted by atomic mass is 10.1. The fourth-order valence-electron chi connectivity index (χ4n) is 3.75. The first kappa shape index (κ1) is 13.8. The van der Waals surface area contributed by atoms with E-state index in [9.17, 15) is 9.59 Å². The molecule has 1 aromatic rings. The van der Waals surface area contributed by atoms with Crippen molar-refractivity contribution in [1.82, 2.24) is 15.0 Å². The van der Waals surface area contributed by atoms with Crippen molar-refractivity contribution in [3.63, 3.8) is 0 Å². The number of nitrogens with zero attached hydrogens (tertiary/aromatic N) is 3. The van der Waals surface area contributed by atoms with Crippen molar-refractivity contribution < 1.29 is 14.1 Å². The average molecular weight is 303 g/mol. The van der Waals surface area contributed by atoms with Gasteiger partial charge >= 0.3 is 0 Å². The molecule has 0 aromatic carbocycles. The van der Waals surface area contributed by atoms with Crippen LogP contribution in [0.15, 0.2) is 10.6 Å². The van der Waals surface area contributed by atoms with Crippen LogP contribution >= 0.6 is 0 Å². The smallest absolute Gasteiger partial charge is 0.228 e. The largest absolute Gasteiger partial charge is 0.361 e. The molecule has 1 saturated carbocycles. The molecule has 0 bridgehead atoms. The zero-order chi connectivity index (χ0) is 15.3. The Bertz CT molecular complexity index is 608. The number of aromatic nitrogens is 1. The van der Waals surface area contributed by atoms with Crippen molar-refractivity contribution in [2.75, 3.05) is 13.1 Å². The van der Waals surface area contributed by atoms with Gasteiger partial charge in [-0.2, -0.15) is 0 Å². The van der Waals surface area contributed by atoms with Crippen LogP contribution in [0.2, 0.25) is 0 Å². The van der Waals surface area contributed by atoms with Gasteiger partial charge in [-0.05, 0) is 32.6 Å². The van der Waals surface area contributed by atoms with Gasteiger partial charge in [0.15, 0.2) is 0 Å². The average Bonchev–Trinajstić information content (AvgIpc) is 2.90. The minimum Gasteiger partial charge on any atom is -0.361 e. The topological polar surface area (TPSA) is 66.7 Å². The van der Waals surface area contributed by atoms with Crippen molar-refractivity contribution in [2.24, 2.45) is 5.92 Å². The van der Waals surface area contributed by atoms with Crippen LogP contribution < -0.4 is 0 Å². The lowest BCUT2D eigenvalue weighted by Crippen LogP contribution is -2.37. The van der Waals surface area contributed by atoms with Gasteiger partial charge in [-0.25, -0.2) is 0 Å². The second-order valence-corrected chi connectivity index (χ2v) is 6.73. The van der Waals surface area contributed by atoms with Crippen LogP contribution in [0.25, 0.3) is 0 Å². The lowest BCUT2D eigenvalue weighted by Gasteiger charge is -2.26. The highest BCUT2D eigenvalue weighted by atomic mass is 16.5. The Hall–Kier alpha value is -1.85. The molecule has 4 rings (SSSR count). The Labute approximate surface area is 129 Å². The van der Waals surface area contributed by atoms with Gasteiger partial charge in [0, 0.05) is 31.6 Å². The Morgan fingerprint density at radius 2 is 2.18 bits per heavy atom. The van der Waals surface area contributed by atoms with E-state index in [1.54, 1.807) is 0 Å². The van der Waals surface area contributed by atoms with E-state index >= 15 is 0 Å². The second-order valence-electron chi connectivity index (χ2n) is 6.73. The summed E-state index contributed by atoms with van der Waals surface area (Å²) in [5.74, 6) is 0.848. The first-order chi connectivity index (χ1) is 10.6. The van der Waals surface area contributed by atoms with Crippen LogP contribution in [0.4, 0.5) is 0 Å². The number of hydrogen-bond acceptors (Lipinski definition) is 4. The van der Waals surface area contributed by atoms with Gasteiger partial charge in [-0.15, -0.1) is 0 Å². The summed E-state index contributed by atoms with van der Waals surface area (Å²) in [5, 5.41) is 4.08. The van der Waals surface area contributed by atoms with Crippen LogP contribution in [0.5, 0.6) is 0 Å². The normalized spacial score (nSPS) is 28.7. The quantitative estimate of drug-likeness (QED) is 0.851. The number of carbonyl (C=O) groups excluding carboxylic acids is 2. The molecule has 0 spiro atoms. The molecule has 22 heavy (non-hydrogen) atoms. The summed E-state index contributed by atoms with van der Waals surface area (Å²) >= 11 is 0. The van der Waals surface area contributed by atoms with E-state index < -0.39 is 0 Å². The van der Waals surface area contributed by atoms with Gasteiger partial charge in [0.05, 0.1) is 12.0 Å². The number of likely N-dealkylation sites (tertiary alicyclic amines) is 2. The van der Waals surface area contributed by atoms with Crippen LogP contribution in [-0.4, -0.2) is 45.9 Å². The Morgan fingerprint density at radius 3 is 2.86 bits per heavy atom. The first-order valence-corrected chi connectivity index (χ1v) is 8.16. The summed E-state index contributed by atoms with van der Waals surface area (Å²) in [6.45, 7) is 3.22. The standard InChI is InChI=1S/C16H21N3O3/c1-10-7-13(17-22-10)14-3-2-6-18(14)16(21)11-8-15(20)19(9-11)12-4-5-12/h7,11-12,14H,2-6,8-9H2,1H3/t11-,14+/m1/s1. The summed E-state index contributed by atoms with van der Waals surface area (Å²) in [6.07, 6.45) is 4.46. The summed E-state index contributed by atoms with van der Waals surface area (Å²) in [6, 6.07) is 2.32. The molecule has 2 saturated heterocycles. The van der Waals surface area contributed by atoms with Crippen molar-refractivity contribution in [3.8, 4) is 0 Å². The predicted molar refractivity (Wildman–Crippen MR) is 77.8 cm³/mol. The van der Waals surface area contributed by atoms with E-state index in [0.29, 0.717) is 19.0 Å². The third kappa shape index (κ3) is 2.30. The minimum atomic E-state index is -0.179. The monoisotopic (exact) mass is 303 g/mol. The zero-order valence-electron chi connectivity index (χ0n) is 12.8. The van der Waals surface area contributed by atoms with Crippen molar-refractivity contribution in [3.05, 3.63) is 17.5 Å². The van der Waals surface area contributed by atoms with Crippen LogP contribution in [-0.2, 0) is 9.59 Å². The van der Waals surface area contributed by atoms with Crippen molar-refractivity contribution in [1.29, 1.82) is 0 Å². The summed E-state index contributed by atoms with van der Waals surface area (Å²) in [7, 11) is 0. The molecule has 1 aliphatic carbocycles. The van der Waals surface area contributed by atoms with Crippen molar-refractivity contribution in [2.45, 2.75) is 51.1 Å². The fourth-order valence-corrected chi connectivity index (χ4v) is 3.75. The highest BCUT2D eigenvalue weighted by molar-refractivity contribution is 5.89. The SMILES string of the molecule is Cc1cc([C@@H]2CCCN2C(=O)[C@@H]2CC(=O)N(C3CC3)C2)no1. The van der Waals surface area contributed by atoms with Gasteiger partial charge in [-0.1, -0.05) is 5.16 Å². The first-order valence-electron chi connectivity index (χ1n) is 8.16. The van der Waals surface area contributed by atoms with E-state index in [4.69, 9.17) is 4.52 Å². The van der Waals surface area contributed by atoms with Crippen molar-refractivity contribution >= 4 is 11.8 Å². The van der Waals surface area contributed by atoms with Crippen LogP contribution in [0.3, 0.4) is 0 Å². The zero-order valence-corrected chi connectivity index (χ0v) is 12.8. The molecule has 6 nitrogen and oxygen atoms in total. The molecule has 3 fully saturated rings. The predicted octanol–water partition coefficient (Wildman–Crippen LogP) is 1.66. The van der Waals surface area contributed by atoms with E-state index in [0.717, 1.165) is 43.7 Å². The number of hydrogen-bond donors (Lipinski definition) is 0. The van der Waals surface area contributed by atoms with Crippen LogP contribution in [0, 0.1) is 12.8 Å². The minimum absolute atomic E-state index is 0.00928. The highest BCUT2D eigenvalue weighted by Crippen LogP contribution is 2.37. The number of carbonyl (C=O) groups is 2. The third-order valence-corrected chi connectivity index (χ3v) is 5.02. The summed E-state index contributed by atoms with van der Waals surface area (Å²) in [4.78, 5) is 28.7. The van der Waals surface area contributed by atoms with Gasteiger partial charge in [-0.3, -0.25) is 9.59 Å². The number of amides is 2. The van der Waals surface area contributed by atoms with Crippen LogP contribution in [0.1, 0.15) is 49.6 Å². The van der Waals surface area contributed by atoms with E-state index in [2.05, 4.69) is 5.16 Å². The molecule has 0 N–H and O–H groups in total. The third-order valence-electron chi connectivity index (χ3n) is 5.02. The number of rotatable bonds is 3. The second kappa shape index (κ2) is 5.11. The maximum atomic E-state index is 12.9. The molecule has 6 heteroatoms. The van der Waals surface area contributed by atoms with Gasteiger partial charge in [0.2, 0.25) is 11.8 Å². The molecule has 0 unspecified atom stereocenters. The maximum Gasteiger partial charge on any atom is 0.228 e. The van der Waals surface area contributed by atoms with Gasteiger partial charge < -0.3 is 14.3 Å². The molecule has 3 heterocycles. The number of aryl methyl sites for hydroxylation is 1. The Morgan fingerprint density at radius 1 is 1.36 bits per heavy atom. The Balaban J connectivity index is 1.48. The van der Waals surface area contributed by atoms with Gasteiger partial charge in [0.25, 0.3) is 0 Å². The fraction of sp³-hybridized carbons (Fsp3) is 0.688. The molecule has 2 amide bonds. The Kier molecular flexibility index (Phi) is 3.20. The molecule has 0 radical (unpaired) electrons. The molecule has 3 aliphatic rings. The highest BCUT2D eigenvalue weighted by Gasteiger charge is 2.44. The molecular weight excluding hydrogens is 282 g/mol. The summed E-state index contributed by atoms with van der Waals surface area (Å²) < 4.78 is 5.15. The lowest BCUT2D eigenvalue weighted by molar-refractivity contribution is -0.136. The van der Waals surface area contributed by atoms with E-state index in [-0.39, 0.29) is 23.8 Å². The molecule has 118 valence electrons. The van der Waals surface area contributed by atoms with E-state index in [1.807, 2.05) is 22.8 Å². The molecule has 1 aromatic heterocycles. The molecular formula is C16H21N3O3. The van der Waals surface area contributed by atoms with Gasteiger partial charge in [0.1, 0.15) is 11.5 Å². The molecule has 2 aliphatic heterocycles.